The van der Waals surface area contributed by atoms with E-state index < -0.39 is 33.0 Å². The fraction of sp³-hybridized carbons (Fsp3) is 0.424. The van der Waals surface area contributed by atoms with E-state index in [0.717, 1.165) is 11.6 Å². The smallest absolute Gasteiger partial charge is 0.254 e. The predicted molar refractivity (Wildman–Crippen MR) is 167 cm³/mol. The van der Waals surface area contributed by atoms with Gasteiger partial charge in [-0.1, -0.05) is 44.2 Å². The standard InChI is InChI=1S/C33H38N2O8S/c1-5-21(2)31(37)34-30-32(38)35(26-8-6-7-9-29(26)43-33(30)14-16-42-17-15-33)19-25-24-12-10-23(27(36)20-44(4,39)40)18-22(24)11-13-28(25)41-3/h6-13,18,21,30H,5,14-17,19-20H2,1-4H3,(H,34,37)/t21-,30-/m1/s1. The van der Waals surface area contributed by atoms with Crippen LogP contribution in [-0.4, -0.2) is 70.0 Å². The molecule has 0 unspecified atom stereocenters. The summed E-state index contributed by atoms with van der Waals surface area (Å²) in [5.74, 6) is -0.858. The highest BCUT2D eigenvalue weighted by Crippen LogP contribution is 2.42. The lowest BCUT2D eigenvalue weighted by Crippen LogP contribution is -2.64. The molecule has 0 radical (unpaired) electrons. The van der Waals surface area contributed by atoms with E-state index in [1.165, 1.54) is 0 Å². The van der Waals surface area contributed by atoms with Crippen LogP contribution in [0.3, 0.4) is 0 Å². The van der Waals surface area contributed by atoms with Crippen molar-refractivity contribution in [3.8, 4) is 11.5 Å². The van der Waals surface area contributed by atoms with Gasteiger partial charge in [0.1, 0.15) is 28.9 Å². The minimum absolute atomic E-state index is 0.0820. The largest absolute Gasteiger partial charge is 0.496 e. The van der Waals surface area contributed by atoms with E-state index in [1.807, 2.05) is 38.1 Å². The first kappa shape index (κ1) is 31.5. The van der Waals surface area contributed by atoms with Gasteiger partial charge in [-0.05, 0) is 41.5 Å². The summed E-state index contributed by atoms with van der Waals surface area (Å²) in [4.78, 5) is 42.3. The highest BCUT2D eigenvalue weighted by atomic mass is 32.2. The number of rotatable bonds is 9. The van der Waals surface area contributed by atoms with Gasteiger partial charge in [0.15, 0.2) is 15.6 Å². The highest BCUT2D eigenvalue weighted by Gasteiger charge is 2.51. The maximum Gasteiger partial charge on any atom is 0.254 e. The summed E-state index contributed by atoms with van der Waals surface area (Å²) in [5, 5.41) is 4.47. The number of hydrogen-bond donors (Lipinski definition) is 1. The first-order valence-corrected chi connectivity index (χ1v) is 16.8. The quantitative estimate of drug-likeness (QED) is 0.354. The summed E-state index contributed by atoms with van der Waals surface area (Å²) in [6, 6.07) is 14.9. The number of benzene rings is 3. The lowest BCUT2D eigenvalue weighted by atomic mass is 9.84. The molecule has 0 bridgehead atoms. The van der Waals surface area contributed by atoms with Crippen molar-refractivity contribution < 1.29 is 37.0 Å². The molecular formula is C33H38N2O8S. The van der Waals surface area contributed by atoms with Crippen LogP contribution < -0.4 is 19.7 Å². The first-order chi connectivity index (χ1) is 21.0. The maximum atomic E-state index is 14.7. The molecule has 2 amide bonds. The van der Waals surface area contributed by atoms with Crippen LogP contribution in [0, 0.1) is 5.92 Å². The molecule has 2 aliphatic heterocycles. The molecule has 0 aliphatic carbocycles. The van der Waals surface area contributed by atoms with Crippen molar-refractivity contribution in [2.24, 2.45) is 5.92 Å². The third-order valence-corrected chi connectivity index (χ3v) is 9.32. The van der Waals surface area contributed by atoms with Crippen LogP contribution in [-0.2, 0) is 30.7 Å². The van der Waals surface area contributed by atoms with Gasteiger partial charge in [-0.3, -0.25) is 14.4 Å². The second-order valence-corrected chi connectivity index (χ2v) is 13.7. The van der Waals surface area contributed by atoms with Crippen LogP contribution in [0.1, 0.15) is 49.0 Å². The Morgan fingerprint density at radius 2 is 1.84 bits per heavy atom. The van der Waals surface area contributed by atoms with Crippen molar-refractivity contribution >= 4 is 43.9 Å². The molecule has 1 spiro atoms. The predicted octanol–water partition coefficient (Wildman–Crippen LogP) is 4.08. The number of anilines is 1. The van der Waals surface area contributed by atoms with E-state index in [2.05, 4.69) is 5.32 Å². The van der Waals surface area contributed by atoms with Crippen LogP contribution >= 0.6 is 0 Å². The molecule has 2 atom stereocenters. The molecule has 3 aromatic rings. The van der Waals surface area contributed by atoms with Crippen molar-refractivity contribution in [2.75, 3.05) is 37.2 Å². The fourth-order valence-electron chi connectivity index (χ4n) is 5.86. The summed E-state index contributed by atoms with van der Waals surface area (Å²) in [5.41, 5.74) is 0.520. The average Bonchev–Trinajstić information content (AvgIpc) is 3.09. The Balaban J connectivity index is 1.61. The summed E-state index contributed by atoms with van der Waals surface area (Å²) in [6.45, 7) is 4.62. The highest BCUT2D eigenvalue weighted by molar-refractivity contribution is 7.91. The summed E-state index contributed by atoms with van der Waals surface area (Å²) in [6.07, 6.45) is 2.50. The van der Waals surface area contributed by atoms with Crippen LogP contribution in [0.25, 0.3) is 10.8 Å². The van der Waals surface area contributed by atoms with Gasteiger partial charge in [-0.25, -0.2) is 8.42 Å². The van der Waals surface area contributed by atoms with E-state index >= 15 is 0 Å². The van der Waals surface area contributed by atoms with E-state index in [9.17, 15) is 22.8 Å². The summed E-state index contributed by atoms with van der Waals surface area (Å²) < 4.78 is 41.6. The third kappa shape index (κ3) is 6.30. The Bertz CT molecular complexity index is 1700. The van der Waals surface area contributed by atoms with Crippen LogP contribution in [0.4, 0.5) is 5.69 Å². The van der Waals surface area contributed by atoms with Crippen molar-refractivity contribution in [3.63, 3.8) is 0 Å². The molecule has 0 saturated carbocycles. The number of amides is 2. The van der Waals surface area contributed by atoms with Gasteiger partial charge in [0.25, 0.3) is 5.91 Å². The maximum absolute atomic E-state index is 14.7. The molecule has 44 heavy (non-hydrogen) atoms. The fourth-order valence-corrected chi connectivity index (χ4v) is 6.50. The second kappa shape index (κ2) is 12.6. The van der Waals surface area contributed by atoms with Gasteiger partial charge in [-0.15, -0.1) is 0 Å². The summed E-state index contributed by atoms with van der Waals surface area (Å²) >= 11 is 0. The second-order valence-electron chi connectivity index (χ2n) is 11.6. The van der Waals surface area contributed by atoms with E-state index in [-0.39, 0.29) is 29.8 Å². The number of sulfone groups is 1. The average molecular weight is 623 g/mol. The molecule has 0 aromatic heterocycles. The zero-order valence-electron chi connectivity index (χ0n) is 25.4. The molecule has 3 aromatic carbocycles. The number of Topliss-reactive ketones (excluding diaryl/α,β-unsaturated/α-hetero) is 1. The normalized spacial score (nSPS) is 18.7. The van der Waals surface area contributed by atoms with E-state index in [0.29, 0.717) is 60.6 Å². The minimum atomic E-state index is -3.50. The molecule has 11 heteroatoms. The number of carbonyl (C=O) groups excluding carboxylic acids is 3. The Labute approximate surface area is 257 Å². The van der Waals surface area contributed by atoms with Crippen molar-refractivity contribution in [2.45, 2.75) is 51.3 Å². The molecule has 10 nitrogen and oxygen atoms in total. The Kier molecular flexibility index (Phi) is 8.99. The zero-order valence-corrected chi connectivity index (χ0v) is 26.2. The molecule has 2 heterocycles. The molecule has 1 N–H and O–H groups in total. The number of nitrogens with zero attached hydrogens (tertiary/aromatic N) is 1. The van der Waals surface area contributed by atoms with Crippen LogP contribution in [0.15, 0.2) is 54.6 Å². The number of carbonyl (C=O) groups is 3. The van der Waals surface area contributed by atoms with E-state index in [4.69, 9.17) is 14.2 Å². The molecule has 5 rings (SSSR count). The molecule has 1 fully saturated rings. The molecule has 1 saturated heterocycles. The first-order valence-electron chi connectivity index (χ1n) is 14.7. The van der Waals surface area contributed by atoms with Gasteiger partial charge in [-0.2, -0.15) is 0 Å². The Hall–Kier alpha value is -3.96. The van der Waals surface area contributed by atoms with Crippen molar-refractivity contribution in [1.29, 1.82) is 0 Å². The van der Waals surface area contributed by atoms with Gasteiger partial charge in [0.05, 0.1) is 32.6 Å². The van der Waals surface area contributed by atoms with Crippen LogP contribution in [0.2, 0.25) is 0 Å². The monoisotopic (exact) mass is 622 g/mol. The Morgan fingerprint density at radius 1 is 1.11 bits per heavy atom. The number of fused-ring (bicyclic) bond motifs is 2. The number of ether oxygens (including phenoxy) is 3. The number of nitrogens with one attached hydrogen (secondary N) is 1. The van der Waals surface area contributed by atoms with Crippen molar-refractivity contribution in [1.82, 2.24) is 5.32 Å². The van der Waals surface area contributed by atoms with Crippen molar-refractivity contribution in [3.05, 3.63) is 65.7 Å². The number of para-hydroxylation sites is 2. The SMILES string of the molecule is CC[C@@H](C)C(=O)N[C@@H]1C(=O)N(Cc2c(OC)ccc3cc(C(=O)CS(C)(=O)=O)ccc23)c2ccccc2OC12CCOCC2. The molecule has 2 aliphatic rings. The minimum Gasteiger partial charge on any atom is -0.496 e. The lowest BCUT2D eigenvalue weighted by molar-refractivity contribution is -0.138. The van der Waals surface area contributed by atoms with Gasteiger partial charge < -0.3 is 24.4 Å². The van der Waals surface area contributed by atoms with Gasteiger partial charge in [0.2, 0.25) is 5.91 Å². The number of ketones is 1. The number of methoxy groups -OCH3 is 1. The molecule has 234 valence electrons. The zero-order chi connectivity index (χ0) is 31.6. The van der Waals surface area contributed by atoms with E-state index in [1.54, 1.807) is 42.3 Å². The van der Waals surface area contributed by atoms with Gasteiger partial charge in [0, 0.05) is 36.1 Å². The Morgan fingerprint density at radius 3 is 2.52 bits per heavy atom. The summed E-state index contributed by atoms with van der Waals surface area (Å²) in [7, 11) is -1.95. The topological polar surface area (TPSA) is 128 Å². The third-order valence-electron chi connectivity index (χ3n) is 8.53. The van der Waals surface area contributed by atoms with Crippen LogP contribution in [0.5, 0.6) is 11.5 Å². The molecular weight excluding hydrogens is 584 g/mol. The van der Waals surface area contributed by atoms with Gasteiger partial charge >= 0.3 is 0 Å². The lowest BCUT2D eigenvalue weighted by Gasteiger charge is -2.41. The number of hydrogen-bond acceptors (Lipinski definition) is 8.